The third-order valence-electron chi connectivity index (χ3n) is 3.25. The molecule has 1 N–H and O–H groups in total. The van der Waals surface area contributed by atoms with Gasteiger partial charge in [0.05, 0.1) is 16.8 Å². The zero-order valence-corrected chi connectivity index (χ0v) is 10.9. The van der Waals surface area contributed by atoms with E-state index in [1.54, 1.807) is 0 Å². The first-order valence-electron chi connectivity index (χ1n) is 6.15. The summed E-state index contributed by atoms with van der Waals surface area (Å²) >= 11 is 0. The molecule has 1 aromatic carbocycles. The van der Waals surface area contributed by atoms with E-state index in [4.69, 9.17) is 0 Å². The van der Waals surface area contributed by atoms with Gasteiger partial charge < -0.3 is 4.98 Å². The molecule has 3 nitrogen and oxygen atoms in total. The predicted molar refractivity (Wildman–Crippen MR) is 75.7 cm³/mol. The van der Waals surface area contributed by atoms with Crippen molar-refractivity contribution in [1.29, 1.82) is 5.26 Å². The minimum atomic E-state index is 0.612. The van der Waals surface area contributed by atoms with Crippen LogP contribution in [0, 0.1) is 25.2 Å². The van der Waals surface area contributed by atoms with Crippen molar-refractivity contribution in [3.8, 4) is 17.3 Å². The van der Waals surface area contributed by atoms with Gasteiger partial charge in [0.1, 0.15) is 6.07 Å². The van der Waals surface area contributed by atoms with Gasteiger partial charge in [-0.05, 0) is 32.0 Å². The number of aryl methyl sites for hydroxylation is 2. The summed E-state index contributed by atoms with van der Waals surface area (Å²) in [7, 11) is 0. The van der Waals surface area contributed by atoms with Crippen LogP contribution in [-0.2, 0) is 0 Å². The fraction of sp³-hybridized carbons (Fsp3) is 0.125. The number of rotatable bonds is 1. The topological polar surface area (TPSA) is 52.5 Å². The number of aromatic nitrogens is 2. The van der Waals surface area contributed by atoms with E-state index in [9.17, 15) is 5.26 Å². The summed E-state index contributed by atoms with van der Waals surface area (Å²) in [6.45, 7) is 4.00. The third kappa shape index (κ3) is 1.88. The molecule has 2 aromatic heterocycles. The number of nitriles is 1. The van der Waals surface area contributed by atoms with Gasteiger partial charge in [0.2, 0.25) is 0 Å². The van der Waals surface area contributed by atoms with Crippen LogP contribution in [0.2, 0.25) is 0 Å². The molecule has 0 amide bonds. The highest BCUT2D eigenvalue weighted by Gasteiger charge is 2.12. The van der Waals surface area contributed by atoms with Crippen LogP contribution in [-0.4, -0.2) is 9.97 Å². The summed E-state index contributed by atoms with van der Waals surface area (Å²) in [5, 5.41) is 10.3. The number of nitrogens with zero attached hydrogens (tertiary/aromatic N) is 2. The van der Waals surface area contributed by atoms with Gasteiger partial charge in [-0.3, -0.25) is 0 Å². The molecule has 92 valence electrons. The van der Waals surface area contributed by atoms with E-state index < -0.39 is 0 Å². The lowest BCUT2D eigenvalue weighted by Crippen LogP contribution is -1.91. The van der Waals surface area contributed by atoms with Gasteiger partial charge in [-0.2, -0.15) is 5.26 Å². The molecule has 19 heavy (non-hydrogen) atoms. The van der Waals surface area contributed by atoms with Gasteiger partial charge in [-0.25, -0.2) is 4.98 Å². The largest absolute Gasteiger partial charge is 0.362 e. The van der Waals surface area contributed by atoms with E-state index in [1.165, 1.54) is 0 Å². The first kappa shape index (κ1) is 11.5. The molecule has 0 saturated heterocycles. The molecule has 3 aromatic rings. The molecule has 0 radical (unpaired) electrons. The second-order valence-electron chi connectivity index (χ2n) is 4.68. The Morgan fingerprint density at radius 2 is 1.95 bits per heavy atom. The number of aromatic amines is 1. The fourth-order valence-corrected chi connectivity index (χ4v) is 2.38. The molecule has 0 saturated carbocycles. The summed E-state index contributed by atoms with van der Waals surface area (Å²) in [6.07, 6.45) is 0. The first-order chi connectivity index (χ1) is 9.19. The van der Waals surface area contributed by atoms with Gasteiger partial charge in [0, 0.05) is 22.3 Å². The van der Waals surface area contributed by atoms with Crippen molar-refractivity contribution in [2.24, 2.45) is 0 Å². The Balaban J connectivity index is 2.34. The van der Waals surface area contributed by atoms with Crippen molar-refractivity contribution < 1.29 is 0 Å². The summed E-state index contributed by atoms with van der Waals surface area (Å²) in [6, 6.07) is 14.0. The fourth-order valence-electron chi connectivity index (χ4n) is 2.38. The molecule has 0 aliphatic rings. The standard InChI is InChI=1S/C16H13N3/c1-10-7-14(11(2)18-10)16-13(9-17)8-12-5-3-4-6-15(12)19-16/h3-8,18H,1-2H3. The van der Waals surface area contributed by atoms with Crippen molar-refractivity contribution >= 4 is 10.9 Å². The maximum Gasteiger partial charge on any atom is 0.101 e. The Hall–Kier alpha value is -2.60. The molecule has 0 bridgehead atoms. The van der Waals surface area contributed by atoms with E-state index in [2.05, 4.69) is 16.0 Å². The highest BCUT2D eigenvalue weighted by atomic mass is 14.8. The van der Waals surface area contributed by atoms with Crippen LogP contribution in [0.1, 0.15) is 17.0 Å². The summed E-state index contributed by atoms with van der Waals surface area (Å²) < 4.78 is 0. The van der Waals surface area contributed by atoms with Crippen LogP contribution >= 0.6 is 0 Å². The smallest absolute Gasteiger partial charge is 0.101 e. The van der Waals surface area contributed by atoms with Crippen molar-refractivity contribution in [3.63, 3.8) is 0 Å². The van der Waals surface area contributed by atoms with E-state index >= 15 is 0 Å². The molecule has 3 heteroatoms. The monoisotopic (exact) mass is 247 g/mol. The zero-order valence-electron chi connectivity index (χ0n) is 10.9. The van der Waals surface area contributed by atoms with Gasteiger partial charge in [-0.15, -0.1) is 0 Å². The summed E-state index contributed by atoms with van der Waals surface area (Å²) in [5.41, 5.74) is 5.39. The Bertz CT molecular complexity index is 806. The van der Waals surface area contributed by atoms with Crippen molar-refractivity contribution in [2.75, 3.05) is 0 Å². The Morgan fingerprint density at radius 3 is 2.63 bits per heavy atom. The molecule has 0 fully saturated rings. The van der Waals surface area contributed by atoms with E-state index in [0.29, 0.717) is 5.56 Å². The summed E-state index contributed by atoms with van der Waals surface area (Å²) in [5.74, 6) is 0. The number of nitrogens with one attached hydrogen (secondary N) is 1. The SMILES string of the molecule is Cc1cc(-c2nc3ccccc3cc2C#N)c(C)[nH]1. The van der Waals surface area contributed by atoms with E-state index in [-0.39, 0.29) is 0 Å². The minimum absolute atomic E-state index is 0.612. The average molecular weight is 247 g/mol. The van der Waals surface area contributed by atoms with Crippen LogP contribution in [0.3, 0.4) is 0 Å². The number of fused-ring (bicyclic) bond motifs is 1. The molecule has 2 heterocycles. The van der Waals surface area contributed by atoms with Gasteiger partial charge in [-0.1, -0.05) is 18.2 Å². The third-order valence-corrected chi connectivity index (χ3v) is 3.25. The normalized spacial score (nSPS) is 10.6. The van der Waals surface area contributed by atoms with Gasteiger partial charge in [0.25, 0.3) is 0 Å². The molecule has 3 rings (SSSR count). The van der Waals surface area contributed by atoms with Gasteiger partial charge >= 0.3 is 0 Å². The van der Waals surface area contributed by atoms with Crippen LogP contribution in [0.15, 0.2) is 36.4 Å². The van der Waals surface area contributed by atoms with Crippen molar-refractivity contribution in [3.05, 3.63) is 53.3 Å². The maximum absolute atomic E-state index is 9.34. The molecule has 0 atom stereocenters. The quantitative estimate of drug-likeness (QED) is 0.712. The number of para-hydroxylation sites is 1. The van der Waals surface area contributed by atoms with Crippen molar-refractivity contribution in [1.82, 2.24) is 9.97 Å². The van der Waals surface area contributed by atoms with Crippen molar-refractivity contribution in [2.45, 2.75) is 13.8 Å². The number of benzene rings is 1. The zero-order chi connectivity index (χ0) is 13.4. The summed E-state index contributed by atoms with van der Waals surface area (Å²) in [4.78, 5) is 7.90. The molecule has 0 spiro atoms. The Morgan fingerprint density at radius 1 is 1.16 bits per heavy atom. The second-order valence-corrected chi connectivity index (χ2v) is 4.68. The number of H-pyrrole nitrogens is 1. The number of pyridine rings is 1. The predicted octanol–water partition coefficient (Wildman–Crippen LogP) is 3.72. The highest BCUT2D eigenvalue weighted by molar-refractivity contribution is 5.85. The molecular weight excluding hydrogens is 234 g/mol. The molecule has 0 unspecified atom stereocenters. The Kier molecular flexibility index (Phi) is 2.57. The van der Waals surface area contributed by atoms with E-state index in [0.717, 1.165) is 33.5 Å². The minimum Gasteiger partial charge on any atom is -0.362 e. The average Bonchev–Trinajstić information content (AvgIpc) is 2.76. The van der Waals surface area contributed by atoms with Crippen LogP contribution in [0.5, 0.6) is 0 Å². The lowest BCUT2D eigenvalue weighted by atomic mass is 10.0. The molecule has 0 aliphatic heterocycles. The van der Waals surface area contributed by atoms with Crippen LogP contribution < -0.4 is 0 Å². The maximum atomic E-state index is 9.34. The van der Waals surface area contributed by atoms with Gasteiger partial charge in [0.15, 0.2) is 0 Å². The second kappa shape index (κ2) is 4.25. The highest BCUT2D eigenvalue weighted by Crippen LogP contribution is 2.28. The molecular formula is C16H13N3. The van der Waals surface area contributed by atoms with E-state index in [1.807, 2.05) is 50.2 Å². The van der Waals surface area contributed by atoms with Crippen LogP contribution in [0.25, 0.3) is 22.2 Å². The number of hydrogen-bond donors (Lipinski definition) is 1. The first-order valence-corrected chi connectivity index (χ1v) is 6.15. The lowest BCUT2D eigenvalue weighted by molar-refractivity contribution is 1.19. The lowest BCUT2D eigenvalue weighted by Gasteiger charge is -2.05. The molecule has 0 aliphatic carbocycles. The Labute approximate surface area is 111 Å². The van der Waals surface area contributed by atoms with Crippen LogP contribution in [0.4, 0.5) is 0 Å². The number of hydrogen-bond acceptors (Lipinski definition) is 2.